The highest BCUT2D eigenvalue weighted by atomic mass is 16.3. The first-order valence-corrected chi connectivity index (χ1v) is 14.6. The number of benzene rings is 6. The van der Waals surface area contributed by atoms with E-state index >= 15 is 0 Å². The third-order valence-electron chi connectivity index (χ3n) is 8.58. The van der Waals surface area contributed by atoms with Gasteiger partial charge in [0.05, 0.1) is 34.1 Å². The average molecular weight is 562 g/mol. The zero-order chi connectivity index (χ0) is 29.2. The number of hydrogen-bond donors (Lipinski definition) is 0. The van der Waals surface area contributed by atoms with E-state index in [0.717, 1.165) is 77.3 Å². The van der Waals surface area contributed by atoms with Gasteiger partial charge in [0.1, 0.15) is 11.2 Å². The first-order chi connectivity index (χ1) is 21.7. The maximum atomic E-state index is 9.55. The molecule has 0 aliphatic carbocycles. The molecule has 6 aromatic carbocycles. The van der Waals surface area contributed by atoms with Crippen LogP contribution in [-0.4, -0.2) is 9.55 Å². The molecule has 44 heavy (non-hydrogen) atoms. The molecule has 0 radical (unpaired) electrons. The van der Waals surface area contributed by atoms with Gasteiger partial charge < -0.3 is 8.98 Å². The normalized spacial score (nSPS) is 11.6. The second-order valence-electron chi connectivity index (χ2n) is 11.1. The van der Waals surface area contributed by atoms with E-state index in [2.05, 4.69) is 108 Å². The number of fused-ring (bicyclic) bond motifs is 7. The van der Waals surface area contributed by atoms with Crippen LogP contribution in [0.2, 0.25) is 0 Å². The summed E-state index contributed by atoms with van der Waals surface area (Å²) in [5.74, 6) is 0. The van der Waals surface area contributed by atoms with Gasteiger partial charge in [-0.25, -0.2) is 4.98 Å². The van der Waals surface area contributed by atoms with Gasteiger partial charge in [-0.1, -0.05) is 84.9 Å². The number of nitrogens with zero attached hydrogens (tertiary/aromatic N) is 3. The van der Waals surface area contributed by atoms with Gasteiger partial charge in [-0.3, -0.25) is 0 Å². The maximum absolute atomic E-state index is 9.55. The average Bonchev–Trinajstić information content (AvgIpc) is 3.61. The zero-order valence-corrected chi connectivity index (χ0v) is 23.5. The van der Waals surface area contributed by atoms with Gasteiger partial charge in [0.25, 0.3) is 0 Å². The lowest BCUT2D eigenvalue weighted by Gasteiger charge is -2.13. The lowest BCUT2D eigenvalue weighted by molar-refractivity contribution is 0.669. The Balaban J connectivity index is 1.28. The molecule has 0 fully saturated rings. The predicted molar refractivity (Wildman–Crippen MR) is 179 cm³/mol. The summed E-state index contributed by atoms with van der Waals surface area (Å²) in [4.78, 5) is 5.20. The minimum Gasteiger partial charge on any atom is -0.456 e. The van der Waals surface area contributed by atoms with Crippen molar-refractivity contribution < 1.29 is 4.42 Å². The van der Waals surface area contributed by atoms with Crippen molar-refractivity contribution in [3.05, 3.63) is 145 Å². The van der Waals surface area contributed by atoms with Crippen molar-refractivity contribution >= 4 is 54.5 Å². The summed E-state index contributed by atoms with van der Waals surface area (Å²) in [6.45, 7) is 0. The Hall–Kier alpha value is -6.18. The van der Waals surface area contributed by atoms with Crippen molar-refractivity contribution in [3.63, 3.8) is 0 Å². The molecule has 204 valence electrons. The highest BCUT2D eigenvalue weighted by Gasteiger charge is 2.17. The van der Waals surface area contributed by atoms with Gasteiger partial charge >= 0.3 is 0 Å². The van der Waals surface area contributed by atoms with Crippen molar-refractivity contribution in [1.29, 1.82) is 5.26 Å². The van der Waals surface area contributed by atoms with Crippen molar-refractivity contribution in [3.8, 4) is 34.3 Å². The van der Waals surface area contributed by atoms with E-state index in [1.165, 1.54) is 5.39 Å². The lowest BCUT2D eigenvalue weighted by atomic mass is 10.00. The molecule has 0 spiro atoms. The van der Waals surface area contributed by atoms with Crippen LogP contribution in [0.1, 0.15) is 5.56 Å². The topological polar surface area (TPSA) is 54.8 Å². The van der Waals surface area contributed by atoms with Crippen LogP contribution < -0.4 is 0 Å². The highest BCUT2D eigenvalue weighted by molar-refractivity contribution is 6.17. The van der Waals surface area contributed by atoms with E-state index < -0.39 is 0 Å². The summed E-state index contributed by atoms with van der Waals surface area (Å²) in [7, 11) is 0. The van der Waals surface area contributed by atoms with E-state index in [1.807, 2.05) is 42.5 Å². The molecule has 9 rings (SSSR count). The van der Waals surface area contributed by atoms with Crippen molar-refractivity contribution in [2.75, 3.05) is 0 Å². The van der Waals surface area contributed by atoms with E-state index in [0.29, 0.717) is 5.56 Å². The Morgan fingerprint density at radius 3 is 2.23 bits per heavy atom. The lowest BCUT2D eigenvalue weighted by Crippen LogP contribution is -1.96. The Morgan fingerprint density at radius 1 is 0.545 bits per heavy atom. The fraction of sp³-hybridized carbons (Fsp3) is 0. The smallest absolute Gasteiger partial charge is 0.136 e. The summed E-state index contributed by atoms with van der Waals surface area (Å²) in [5, 5.41) is 16.3. The molecule has 3 heterocycles. The van der Waals surface area contributed by atoms with Crippen LogP contribution in [-0.2, 0) is 0 Å². The van der Waals surface area contributed by atoms with Crippen LogP contribution in [0.15, 0.2) is 144 Å². The van der Waals surface area contributed by atoms with Crippen LogP contribution in [0.5, 0.6) is 0 Å². The standard InChI is InChI=1S/C40H23N3O/c41-24-25-9-7-12-28(19-25)40-30-14-2-1-10-26(30)21-35(42-40)27-11-8-13-29(20-27)43-36-17-5-3-15-31(36)33-23-39-34(22-37(33)43)32-16-4-6-18-38(32)44-39/h1-23H. The van der Waals surface area contributed by atoms with Crippen LogP contribution >= 0.6 is 0 Å². The van der Waals surface area contributed by atoms with Gasteiger partial charge in [-0.15, -0.1) is 0 Å². The SMILES string of the molecule is N#Cc1cccc(-c2nc(-c3cccc(-n4c5ccccc5c5cc6oc7ccccc7c6cc54)c3)cc3ccccc23)c1. The summed E-state index contributed by atoms with van der Waals surface area (Å²) >= 11 is 0. The minimum absolute atomic E-state index is 0.617. The number of furan rings is 1. The van der Waals surface area contributed by atoms with E-state index in [-0.39, 0.29) is 0 Å². The number of para-hydroxylation sites is 2. The van der Waals surface area contributed by atoms with E-state index in [9.17, 15) is 5.26 Å². The third-order valence-corrected chi connectivity index (χ3v) is 8.58. The monoisotopic (exact) mass is 561 g/mol. The molecule has 0 aliphatic rings. The van der Waals surface area contributed by atoms with Crippen molar-refractivity contribution in [1.82, 2.24) is 9.55 Å². The van der Waals surface area contributed by atoms with Gasteiger partial charge in [0.15, 0.2) is 0 Å². The number of pyridine rings is 1. The number of aromatic nitrogens is 2. The summed E-state index contributed by atoms with van der Waals surface area (Å²) in [6, 6.07) is 50.2. The minimum atomic E-state index is 0.617. The zero-order valence-electron chi connectivity index (χ0n) is 23.5. The molecule has 4 heteroatoms. The Bertz CT molecular complexity index is 2630. The summed E-state index contributed by atoms with van der Waals surface area (Å²) in [6.07, 6.45) is 0. The first kappa shape index (κ1) is 24.4. The number of rotatable bonds is 3. The van der Waals surface area contributed by atoms with Gasteiger partial charge in [-0.05, 0) is 60.0 Å². The van der Waals surface area contributed by atoms with Crippen LogP contribution in [0.4, 0.5) is 0 Å². The molecule has 0 amide bonds. The summed E-state index contributed by atoms with van der Waals surface area (Å²) < 4.78 is 8.60. The van der Waals surface area contributed by atoms with Gasteiger partial charge in [0, 0.05) is 43.7 Å². The fourth-order valence-corrected chi connectivity index (χ4v) is 6.57. The predicted octanol–water partition coefficient (Wildman–Crippen LogP) is 10.4. The Labute approximate surface area is 252 Å². The molecule has 0 saturated heterocycles. The van der Waals surface area contributed by atoms with E-state index in [4.69, 9.17) is 9.40 Å². The summed E-state index contributed by atoms with van der Waals surface area (Å²) in [5.41, 5.74) is 9.42. The van der Waals surface area contributed by atoms with Gasteiger partial charge in [-0.2, -0.15) is 5.26 Å². The van der Waals surface area contributed by atoms with Crippen molar-refractivity contribution in [2.24, 2.45) is 0 Å². The first-order valence-electron chi connectivity index (χ1n) is 14.6. The molecule has 0 saturated carbocycles. The molecular weight excluding hydrogens is 538 g/mol. The van der Waals surface area contributed by atoms with Crippen LogP contribution in [0, 0.1) is 11.3 Å². The molecule has 3 aromatic heterocycles. The fourth-order valence-electron chi connectivity index (χ4n) is 6.57. The second-order valence-corrected chi connectivity index (χ2v) is 11.1. The van der Waals surface area contributed by atoms with Crippen molar-refractivity contribution in [2.45, 2.75) is 0 Å². The Kier molecular flexibility index (Phi) is 5.23. The molecule has 0 N–H and O–H groups in total. The van der Waals surface area contributed by atoms with Crippen LogP contribution in [0.25, 0.3) is 82.7 Å². The molecule has 0 aliphatic heterocycles. The number of hydrogen-bond acceptors (Lipinski definition) is 3. The second kappa shape index (κ2) is 9.42. The van der Waals surface area contributed by atoms with Gasteiger partial charge in [0.2, 0.25) is 0 Å². The van der Waals surface area contributed by atoms with E-state index in [1.54, 1.807) is 0 Å². The third kappa shape index (κ3) is 3.67. The quantitative estimate of drug-likeness (QED) is 0.216. The Morgan fingerprint density at radius 2 is 1.32 bits per heavy atom. The largest absolute Gasteiger partial charge is 0.456 e. The molecule has 9 aromatic rings. The molecule has 0 atom stereocenters. The molecule has 0 bridgehead atoms. The maximum Gasteiger partial charge on any atom is 0.136 e. The van der Waals surface area contributed by atoms with Crippen LogP contribution in [0.3, 0.4) is 0 Å². The molecular formula is C40H23N3O. The molecule has 4 nitrogen and oxygen atoms in total. The number of nitriles is 1. The highest BCUT2D eigenvalue weighted by Crippen LogP contribution is 2.39. The molecule has 0 unspecified atom stereocenters.